The van der Waals surface area contributed by atoms with E-state index < -0.39 is 16.7 Å². The predicted octanol–water partition coefficient (Wildman–Crippen LogP) is 1.10. The molecule has 0 spiro atoms. The number of carbonyl (C=O) groups excluding carboxylic acids is 1. The Morgan fingerprint density at radius 2 is 2.26 bits per heavy atom. The zero-order valence-electron chi connectivity index (χ0n) is 9.61. The van der Waals surface area contributed by atoms with Crippen molar-refractivity contribution in [2.75, 3.05) is 7.11 Å². The third-order valence-corrected chi connectivity index (χ3v) is 2.25. The smallest absolute Gasteiger partial charge is 0.377 e. The standard InChI is InChI=1S/C10H7FN4O4/c1-19-10(16)9-12-5-14(13-9)8-3-2-6(15(17)18)4-7(8)11/h2-5H,1H3. The van der Waals surface area contributed by atoms with Crippen LogP contribution in [0.1, 0.15) is 10.6 Å². The van der Waals surface area contributed by atoms with Crippen LogP contribution in [0.4, 0.5) is 10.1 Å². The molecule has 19 heavy (non-hydrogen) atoms. The third kappa shape index (κ3) is 2.39. The number of benzene rings is 1. The Balaban J connectivity index is 2.39. The number of ether oxygens (including phenoxy) is 1. The number of halogens is 1. The van der Waals surface area contributed by atoms with Crippen LogP contribution < -0.4 is 0 Å². The van der Waals surface area contributed by atoms with Gasteiger partial charge in [-0.15, -0.1) is 5.10 Å². The van der Waals surface area contributed by atoms with Gasteiger partial charge < -0.3 is 4.74 Å². The molecule has 0 saturated heterocycles. The second-order valence-corrected chi connectivity index (χ2v) is 3.40. The van der Waals surface area contributed by atoms with Crippen molar-refractivity contribution in [2.45, 2.75) is 0 Å². The van der Waals surface area contributed by atoms with E-state index in [1.165, 1.54) is 6.07 Å². The van der Waals surface area contributed by atoms with Gasteiger partial charge in [-0.2, -0.15) is 0 Å². The lowest BCUT2D eigenvalue weighted by molar-refractivity contribution is -0.385. The predicted molar refractivity (Wildman–Crippen MR) is 59.3 cm³/mol. The molecule has 0 aliphatic carbocycles. The summed E-state index contributed by atoms with van der Waals surface area (Å²) in [6, 6.07) is 3.05. The summed E-state index contributed by atoms with van der Waals surface area (Å²) >= 11 is 0. The molecular formula is C10H7FN4O4. The Morgan fingerprint density at radius 3 is 2.84 bits per heavy atom. The van der Waals surface area contributed by atoms with Crippen LogP contribution in [0, 0.1) is 15.9 Å². The highest BCUT2D eigenvalue weighted by Crippen LogP contribution is 2.19. The number of aromatic nitrogens is 3. The lowest BCUT2D eigenvalue weighted by Crippen LogP contribution is -2.06. The van der Waals surface area contributed by atoms with Gasteiger partial charge in [0.2, 0.25) is 0 Å². The maximum Gasteiger partial charge on any atom is 0.377 e. The molecule has 0 saturated carbocycles. The maximum absolute atomic E-state index is 13.7. The first-order chi connectivity index (χ1) is 9.02. The Kier molecular flexibility index (Phi) is 3.19. The summed E-state index contributed by atoms with van der Waals surface area (Å²) in [6.07, 6.45) is 1.11. The molecule has 1 aromatic heterocycles. The molecule has 0 aliphatic rings. The third-order valence-electron chi connectivity index (χ3n) is 2.25. The number of hydrogen-bond acceptors (Lipinski definition) is 6. The second kappa shape index (κ2) is 4.80. The van der Waals surface area contributed by atoms with Gasteiger partial charge in [0.15, 0.2) is 5.82 Å². The van der Waals surface area contributed by atoms with Gasteiger partial charge >= 0.3 is 5.97 Å². The number of rotatable bonds is 3. The number of nitro groups is 1. The molecule has 1 aromatic carbocycles. The fourth-order valence-electron chi connectivity index (χ4n) is 1.36. The van der Waals surface area contributed by atoms with E-state index in [0.717, 1.165) is 30.3 Å². The van der Waals surface area contributed by atoms with E-state index in [2.05, 4.69) is 14.8 Å². The van der Waals surface area contributed by atoms with Crippen molar-refractivity contribution in [3.63, 3.8) is 0 Å². The number of hydrogen-bond donors (Lipinski definition) is 0. The summed E-state index contributed by atoms with van der Waals surface area (Å²) in [4.78, 5) is 24.5. The normalized spacial score (nSPS) is 10.2. The molecule has 8 nitrogen and oxygen atoms in total. The summed E-state index contributed by atoms with van der Waals surface area (Å²) < 4.78 is 19.1. The lowest BCUT2D eigenvalue weighted by atomic mass is 10.3. The summed E-state index contributed by atoms with van der Waals surface area (Å²) in [7, 11) is 1.16. The van der Waals surface area contributed by atoms with E-state index >= 15 is 0 Å². The molecule has 0 N–H and O–H groups in total. The lowest BCUT2D eigenvalue weighted by Gasteiger charge is -2.01. The average molecular weight is 266 g/mol. The Labute approximate surface area is 105 Å². The number of nitrogens with zero attached hydrogens (tertiary/aromatic N) is 4. The van der Waals surface area contributed by atoms with Gasteiger partial charge in [-0.05, 0) is 6.07 Å². The minimum atomic E-state index is -0.851. The van der Waals surface area contributed by atoms with Crippen LogP contribution in [-0.4, -0.2) is 32.8 Å². The maximum atomic E-state index is 13.7. The van der Waals surface area contributed by atoms with Gasteiger partial charge in [-0.3, -0.25) is 10.1 Å². The Bertz CT molecular complexity index is 655. The number of carbonyl (C=O) groups is 1. The zero-order valence-corrected chi connectivity index (χ0v) is 9.61. The van der Waals surface area contributed by atoms with Gasteiger partial charge in [-0.25, -0.2) is 18.9 Å². The Hall–Kier alpha value is -2.84. The minimum absolute atomic E-state index is 0.0618. The van der Waals surface area contributed by atoms with Crippen LogP contribution in [0.5, 0.6) is 0 Å². The summed E-state index contributed by atoms with van der Waals surface area (Å²) in [6.45, 7) is 0. The first kappa shape index (κ1) is 12.6. The number of nitro benzene ring substituents is 1. The summed E-state index contributed by atoms with van der Waals surface area (Å²) in [5.41, 5.74) is -0.442. The number of non-ortho nitro benzene ring substituents is 1. The highest BCUT2D eigenvalue weighted by molar-refractivity contribution is 5.84. The molecule has 0 radical (unpaired) electrons. The van der Waals surface area contributed by atoms with Gasteiger partial charge in [0.1, 0.15) is 12.0 Å². The quantitative estimate of drug-likeness (QED) is 0.468. The second-order valence-electron chi connectivity index (χ2n) is 3.40. The molecule has 0 bridgehead atoms. The van der Waals surface area contributed by atoms with Crippen molar-refractivity contribution in [2.24, 2.45) is 0 Å². The molecule has 1 heterocycles. The van der Waals surface area contributed by atoms with Gasteiger partial charge in [0.05, 0.1) is 18.1 Å². The topological polar surface area (TPSA) is 100 Å². The summed E-state index contributed by atoms with van der Waals surface area (Å²) in [5, 5.41) is 14.2. The van der Waals surface area contributed by atoms with Crippen LogP contribution in [0.15, 0.2) is 24.5 Å². The minimum Gasteiger partial charge on any atom is -0.463 e. The monoisotopic (exact) mass is 266 g/mol. The zero-order chi connectivity index (χ0) is 14.0. The largest absolute Gasteiger partial charge is 0.463 e. The molecule has 2 rings (SSSR count). The fraction of sp³-hybridized carbons (Fsp3) is 0.100. The van der Waals surface area contributed by atoms with Crippen LogP contribution in [0.3, 0.4) is 0 Å². The number of esters is 1. The van der Waals surface area contributed by atoms with E-state index in [-0.39, 0.29) is 17.2 Å². The first-order valence-electron chi connectivity index (χ1n) is 4.97. The van der Waals surface area contributed by atoms with E-state index in [1.807, 2.05) is 0 Å². The van der Waals surface area contributed by atoms with Crippen LogP contribution in [-0.2, 0) is 4.74 Å². The summed E-state index contributed by atoms with van der Waals surface area (Å²) in [5.74, 6) is -1.85. The highest BCUT2D eigenvalue weighted by Gasteiger charge is 2.16. The van der Waals surface area contributed by atoms with Crippen LogP contribution in [0.25, 0.3) is 5.69 Å². The molecule has 0 fully saturated rings. The molecular weight excluding hydrogens is 259 g/mol. The van der Waals surface area contributed by atoms with E-state index in [0.29, 0.717) is 0 Å². The molecule has 2 aromatic rings. The average Bonchev–Trinajstić information content (AvgIpc) is 2.87. The molecule has 0 aliphatic heterocycles. The molecule has 9 heteroatoms. The fourth-order valence-corrected chi connectivity index (χ4v) is 1.36. The molecule has 98 valence electrons. The van der Waals surface area contributed by atoms with Gasteiger partial charge in [0, 0.05) is 6.07 Å². The highest BCUT2D eigenvalue weighted by atomic mass is 19.1. The first-order valence-corrected chi connectivity index (χ1v) is 4.97. The van der Waals surface area contributed by atoms with Crippen molar-refractivity contribution in [1.29, 1.82) is 0 Å². The van der Waals surface area contributed by atoms with Crippen molar-refractivity contribution >= 4 is 11.7 Å². The van der Waals surface area contributed by atoms with Crippen molar-refractivity contribution in [3.8, 4) is 5.69 Å². The van der Waals surface area contributed by atoms with E-state index in [9.17, 15) is 19.3 Å². The van der Waals surface area contributed by atoms with Gasteiger partial charge in [-0.1, -0.05) is 0 Å². The van der Waals surface area contributed by atoms with Gasteiger partial charge in [0.25, 0.3) is 11.5 Å². The van der Waals surface area contributed by atoms with E-state index in [1.54, 1.807) is 0 Å². The van der Waals surface area contributed by atoms with Crippen molar-refractivity contribution in [3.05, 3.63) is 46.3 Å². The van der Waals surface area contributed by atoms with E-state index in [4.69, 9.17) is 0 Å². The van der Waals surface area contributed by atoms with Crippen LogP contribution in [0.2, 0.25) is 0 Å². The van der Waals surface area contributed by atoms with Crippen molar-refractivity contribution in [1.82, 2.24) is 14.8 Å². The molecule has 0 atom stereocenters. The van der Waals surface area contributed by atoms with Crippen molar-refractivity contribution < 1.29 is 18.8 Å². The Morgan fingerprint density at radius 1 is 1.53 bits per heavy atom. The number of methoxy groups -OCH3 is 1. The SMILES string of the molecule is COC(=O)c1ncn(-c2ccc([N+](=O)[O-])cc2F)n1. The van der Waals surface area contributed by atoms with Crippen LogP contribution >= 0.6 is 0 Å². The molecule has 0 amide bonds. The molecule has 0 unspecified atom stereocenters.